The van der Waals surface area contributed by atoms with Crippen LogP contribution < -0.4 is 9.47 Å². The standard InChI is InChI=1S/C17H17ClO3/c1-11-8-12(2)17(16(9-11)20-3)15(19)10-21-14-6-4-13(18)5-7-14/h4-9H,10H2,1-3H3. The molecule has 2 aromatic rings. The summed E-state index contributed by atoms with van der Waals surface area (Å²) in [6.45, 7) is 3.82. The number of hydrogen-bond acceptors (Lipinski definition) is 3. The third-order valence-electron chi connectivity index (χ3n) is 3.13. The van der Waals surface area contributed by atoms with E-state index < -0.39 is 0 Å². The highest BCUT2D eigenvalue weighted by Crippen LogP contribution is 2.25. The first-order valence-electron chi connectivity index (χ1n) is 6.58. The molecule has 0 unspecified atom stereocenters. The summed E-state index contributed by atoms with van der Waals surface area (Å²) >= 11 is 5.81. The molecule has 0 aliphatic carbocycles. The van der Waals surface area contributed by atoms with Gasteiger partial charge in [-0.2, -0.15) is 0 Å². The van der Waals surface area contributed by atoms with Crippen molar-refractivity contribution in [1.82, 2.24) is 0 Å². The van der Waals surface area contributed by atoms with Crippen LogP contribution in [0.25, 0.3) is 0 Å². The highest BCUT2D eigenvalue weighted by Gasteiger charge is 2.16. The van der Waals surface area contributed by atoms with Crippen molar-refractivity contribution in [2.75, 3.05) is 13.7 Å². The van der Waals surface area contributed by atoms with Crippen molar-refractivity contribution in [3.8, 4) is 11.5 Å². The molecule has 0 aliphatic heterocycles. The molecule has 0 atom stereocenters. The zero-order valence-electron chi connectivity index (χ0n) is 12.3. The van der Waals surface area contributed by atoms with Crippen molar-refractivity contribution in [2.24, 2.45) is 0 Å². The molecule has 110 valence electrons. The van der Waals surface area contributed by atoms with E-state index in [0.717, 1.165) is 11.1 Å². The maximum absolute atomic E-state index is 12.4. The van der Waals surface area contributed by atoms with E-state index >= 15 is 0 Å². The van der Waals surface area contributed by atoms with Crippen molar-refractivity contribution in [1.29, 1.82) is 0 Å². The summed E-state index contributed by atoms with van der Waals surface area (Å²) in [6, 6.07) is 10.7. The van der Waals surface area contributed by atoms with Gasteiger partial charge in [0.15, 0.2) is 6.61 Å². The highest BCUT2D eigenvalue weighted by molar-refractivity contribution is 6.30. The summed E-state index contributed by atoms with van der Waals surface area (Å²) in [7, 11) is 1.56. The molecule has 2 rings (SSSR count). The van der Waals surface area contributed by atoms with Crippen molar-refractivity contribution in [2.45, 2.75) is 13.8 Å². The van der Waals surface area contributed by atoms with Gasteiger partial charge in [-0.3, -0.25) is 4.79 Å². The normalized spacial score (nSPS) is 10.3. The van der Waals surface area contributed by atoms with Gasteiger partial charge in [-0.05, 0) is 55.3 Å². The number of ketones is 1. The van der Waals surface area contributed by atoms with Crippen LogP contribution in [0, 0.1) is 13.8 Å². The van der Waals surface area contributed by atoms with Crippen LogP contribution in [0.5, 0.6) is 11.5 Å². The van der Waals surface area contributed by atoms with Gasteiger partial charge in [0.2, 0.25) is 5.78 Å². The number of hydrogen-bond donors (Lipinski definition) is 0. The third kappa shape index (κ3) is 3.76. The van der Waals surface area contributed by atoms with E-state index in [9.17, 15) is 4.79 Å². The zero-order chi connectivity index (χ0) is 15.4. The van der Waals surface area contributed by atoms with Crippen LogP contribution in [0.1, 0.15) is 21.5 Å². The highest BCUT2D eigenvalue weighted by atomic mass is 35.5. The average molecular weight is 305 g/mol. The van der Waals surface area contributed by atoms with Crippen molar-refractivity contribution < 1.29 is 14.3 Å². The van der Waals surface area contributed by atoms with Gasteiger partial charge in [-0.15, -0.1) is 0 Å². The number of carbonyl (C=O) groups is 1. The van der Waals surface area contributed by atoms with Gasteiger partial charge in [-0.1, -0.05) is 17.7 Å². The molecule has 0 N–H and O–H groups in total. The van der Waals surface area contributed by atoms with E-state index in [1.54, 1.807) is 31.4 Å². The monoisotopic (exact) mass is 304 g/mol. The summed E-state index contributed by atoms with van der Waals surface area (Å²) in [5, 5.41) is 0.629. The maximum atomic E-state index is 12.4. The Balaban J connectivity index is 2.15. The fraction of sp³-hybridized carbons (Fsp3) is 0.235. The summed E-state index contributed by atoms with van der Waals surface area (Å²) in [4.78, 5) is 12.4. The zero-order valence-corrected chi connectivity index (χ0v) is 13.0. The van der Waals surface area contributed by atoms with E-state index in [0.29, 0.717) is 22.1 Å². The molecule has 0 amide bonds. The fourth-order valence-electron chi connectivity index (χ4n) is 2.20. The molecule has 0 bridgehead atoms. The lowest BCUT2D eigenvalue weighted by molar-refractivity contribution is 0.0918. The van der Waals surface area contributed by atoms with Gasteiger partial charge in [0.05, 0.1) is 12.7 Å². The lowest BCUT2D eigenvalue weighted by Gasteiger charge is -2.12. The molecule has 4 heteroatoms. The summed E-state index contributed by atoms with van der Waals surface area (Å²) in [5.41, 5.74) is 2.51. The Labute approximate surface area is 129 Å². The number of rotatable bonds is 5. The Kier molecular flexibility index (Phi) is 4.86. The number of carbonyl (C=O) groups excluding carboxylic acids is 1. The number of halogens is 1. The molecule has 21 heavy (non-hydrogen) atoms. The topological polar surface area (TPSA) is 35.5 Å². The number of ether oxygens (including phenoxy) is 2. The van der Waals surface area contributed by atoms with Gasteiger partial charge < -0.3 is 9.47 Å². The Morgan fingerprint density at radius 3 is 2.43 bits per heavy atom. The van der Waals surface area contributed by atoms with E-state index in [1.807, 2.05) is 26.0 Å². The second-order valence-electron chi connectivity index (χ2n) is 4.82. The Hall–Kier alpha value is -2.00. The SMILES string of the molecule is COc1cc(C)cc(C)c1C(=O)COc1ccc(Cl)cc1. The van der Waals surface area contributed by atoms with Crippen molar-refractivity contribution in [3.05, 3.63) is 58.1 Å². The molecule has 0 aromatic heterocycles. The van der Waals surface area contributed by atoms with Gasteiger partial charge >= 0.3 is 0 Å². The second-order valence-corrected chi connectivity index (χ2v) is 5.26. The number of Topliss-reactive ketones (excluding diaryl/α,β-unsaturated/α-hetero) is 1. The Morgan fingerprint density at radius 1 is 1.14 bits per heavy atom. The van der Waals surface area contributed by atoms with Crippen LogP contribution in [-0.4, -0.2) is 19.5 Å². The van der Waals surface area contributed by atoms with Gasteiger partial charge in [0, 0.05) is 5.02 Å². The first-order valence-corrected chi connectivity index (χ1v) is 6.96. The summed E-state index contributed by atoms with van der Waals surface area (Å²) in [6.07, 6.45) is 0. The van der Waals surface area contributed by atoms with Gasteiger partial charge in [-0.25, -0.2) is 0 Å². The van der Waals surface area contributed by atoms with Crippen LogP contribution in [-0.2, 0) is 0 Å². The van der Waals surface area contributed by atoms with E-state index in [4.69, 9.17) is 21.1 Å². The summed E-state index contributed by atoms with van der Waals surface area (Å²) in [5.74, 6) is 1.08. The maximum Gasteiger partial charge on any atom is 0.204 e. The quantitative estimate of drug-likeness (QED) is 0.776. The van der Waals surface area contributed by atoms with Crippen molar-refractivity contribution in [3.63, 3.8) is 0 Å². The van der Waals surface area contributed by atoms with Gasteiger partial charge in [0.1, 0.15) is 11.5 Å². The lowest BCUT2D eigenvalue weighted by Crippen LogP contribution is -2.14. The fourth-order valence-corrected chi connectivity index (χ4v) is 2.32. The average Bonchev–Trinajstić information content (AvgIpc) is 2.45. The van der Waals surface area contributed by atoms with E-state index in [1.165, 1.54) is 0 Å². The molecular formula is C17H17ClO3. The van der Waals surface area contributed by atoms with Crippen LogP contribution in [0.2, 0.25) is 5.02 Å². The minimum absolute atomic E-state index is 0.0398. The molecular weight excluding hydrogens is 288 g/mol. The van der Waals surface area contributed by atoms with Crippen LogP contribution in [0.3, 0.4) is 0 Å². The van der Waals surface area contributed by atoms with Crippen molar-refractivity contribution >= 4 is 17.4 Å². The molecule has 2 aromatic carbocycles. The number of methoxy groups -OCH3 is 1. The van der Waals surface area contributed by atoms with Gasteiger partial charge in [0.25, 0.3) is 0 Å². The largest absolute Gasteiger partial charge is 0.496 e. The van der Waals surface area contributed by atoms with E-state index in [-0.39, 0.29) is 12.4 Å². The number of aryl methyl sites for hydroxylation is 2. The predicted octanol–water partition coefficient (Wildman–Crippen LogP) is 4.23. The minimum atomic E-state index is -0.112. The molecule has 0 aliphatic rings. The van der Waals surface area contributed by atoms with Crippen LogP contribution in [0.15, 0.2) is 36.4 Å². The number of benzene rings is 2. The van der Waals surface area contributed by atoms with Crippen LogP contribution in [0.4, 0.5) is 0 Å². The predicted molar refractivity (Wildman–Crippen MR) is 83.7 cm³/mol. The first-order chi connectivity index (χ1) is 10.0. The smallest absolute Gasteiger partial charge is 0.204 e. The molecule has 0 fully saturated rings. The molecule has 0 radical (unpaired) electrons. The first kappa shape index (κ1) is 15.4. The molecule has 3 nitrogen and oxygen atoms in total. The molecule has 0 spiro atoms. The van der Waals surface area contributed by atoms with E-state index in [2.05, 4.69) is 0 Å². The summed E-state index contributed by atoms with van der Waals surface area (Å²) < 4.78 is 10.8. The lowest BCUT2D eigenvalue weighted by atomic mass is 10.0. The molecule has 0 saturated carbocycles. The third-order valence-corrected chi connectivity index (χ3v) is 3.38. The van der Waals surface area contributed by atoms with Crippen LogP contribution >= 0.6 is 11.6 Å². The Morgan fingerprint density at radius 2 is 1.81 bits per heavy atom. The minimum Gasteiger partial charge on any atom is -0.496 e. The molecule has 0 saturated heterocycles. The second kappa shape index (κ2) is 6.64. The molecule has 0 heterocycles. The Bertz CT molecular complexity index is 648.